The number of benzene rings is 3. The van der Waals surface area contributed by atoms with Crippen LogP contribution in [-0.2, 0) is 16.4 Å². The Kier molecular flexibility index (Phi) is 6.97. The molecular formula is C36H36ClN3O4S. The molecular weight excluding hydrogens is 606 g/mol. The zero-order valence-corrected chi connectivity index (χ0v) is 26.5. The van der Waals surface area contributed by atoms with E-state index in [0.29, 0.717) is 33.9 Å². The normalized spacial score (nSPS) is 27.1. The Balaban J connectivity index is 0.991. The lowest BCUT2D eigenvalue weighted by Gasteiger charge is -2.60. The van der Waals surface area contributed by atoms with Crippen molar-refractivity contribution in [1.82, 2.24) is 14.6 Å². The Morgan fingerprint density at radius 2 is 1.64 bits per heavy atom. The Bertz CT molecular complexity index is 1960. The molecule has 232 valence electrons. The minimum Gasteiger partial charge on any atom is -0.349 e. The first-order valence-corrected chi connectivity index (χ1v) is 17.9. The van der Waals surface area contributed by atoms with E-state index < -0.39 is 10.0 Å². The lowest BCUT2D eigenvalue weighted by atomic mass is 9.51. The van der Waals surface area contributed by atoms with Crippen molar-refractivity contribution in [3.05, 3.63) is 111 Å². The van der Waals surface area contributed by atoms with Crippen molar-refractivity contribution in [3.8, 4) is 5.69 Å². The van der Waals surface area contributed by atoms with Crippen LogP contribution in [0.1, 0.15) is 66.4 Å². The van der Waals surface area contributed by atoms with Crippen molar-refractivity contribution in [2.24, 2.45) is 17.8 Å². The highest BCUT2D eigenvalue weighted by atomic mass is 35.5. The number of nitrogens with zero attached hydrogens (tertiary/aromatic N) is 1. The highest BCUT2D eigenvalue weighted by Crippen LogP contribution is 2.56. The Labute approximate surface area is 268 Å². The number of pyridine rings is 1. The summed E-state index contributed by atoms with van der Waals surface area (Å²) in [7, 11) is -3.26. The molecule has 0 radical (unpaired) electrons. The SMILES string of the molecule is O=C(N[C@@H]1[C@@H]2C[C@@H]3C[C@H]1C[C@@](NS(=O)(=O)C1CC1)(C3)C2)c1ccc(Cc2cn(-c3ccccc3)c3cc(Cl)ccc3c2=O)cc1. The molecule has 7 nitrogen and oxygen atoms in total. The van der Waals surface area contributed by atoms with E-state index in [0.717, 1.165) is 61.7 Å². The van der Waals surface area contributed by atoms with E-state index >= 15 is 0 Å². The average Bonchev–Trinajstić information content (AvgIpc) is 3.87. The van der Waals surface area contributed by atoms with Crippen molar-refractivity contribution in [1.29, 1.82) is 0 Å². The zero-order chi connectivity index (χ0) is 30.9. The summed E-state index contributed by atoms with van der Waals surface area (Å²) < 4.78 is 30.8. The molecule has 9 heteroatoms. The van der Waals surface area contributed by atoms with Crippen LogP contribution in [0.3, 0.4) is 0 Å². The van der Waals surface area contributed by atoms with E-state index in [9.17, 15) is 18.0 Å². The molecule has 0 spiro atoms. The standard InChI is InChI=1S/C36H36ClN3O4S/c37-28-10-13-31-32(17-28)40(29-4-2-1-3-5-29)21-27(34(31)41)14-22-6-8-24(9-7-22)35(42)38-33-25-15-23-16-26(33)20-36(18-23,19-25)39-45(43,44)30-11-12-30/h1-10,13,17,21,23,25-26,30,33,39H,11-12,14-16,18-20H2,(H,38,42)/t23-,25-,26+,33-,36-. The van der Waals surface area contributed by atoms with Crippen molar-refractivity contribution in [2.75, 3.05) is 0 Å². The summed E-state index contributed by atoms with van der Waals surface area (Å²) in [5.41, 5.74) is 3.51. The van der Waals surface area contributed by atoms with Crippen LogP contribution >= 0.6 is 11.6 Å². The number of carbonyl (C=O) groups excluding carboxylic acids is 1. The molecule has 5 aliphatic carbocycles. The predicted octanol–water partition coefficient (Wildman–Crippen LogP) is 5.99. The fourth-order valence-corrected chi connectivity index (χ4v) is 10.6. The van der Waals surface area contributed by atoms with Crippen LogP contribution in [-0.4, -0.2) is 35.7 Å². The number of sulfonamides is 1. The molecule has 5 aliphatic rings. The summed E-state index contributed by atoms with van der Waals surface area (Å²) in [5.74, 6) is 1.00. The number of para-hydroxylation sites is 1. The number of hydrogen-bond donors (Lipinski definition) is 2. The fraction of sp³-hybridized carbons (Fsp3) is 0.389. The first kappa shape index (κ1) is 29.0. The van der Waals surface area contributed by atoms with Gasteiger partial charge in [-0.05, 0) is 111 Å². The number of amides is 1. The van der Waals surface area contributed by atoms with Gasteiger partial charge < -0.3 is 9.88 Å². The van der Waals surface area contributed by atoms with Crippen LogP contribution in [0.25, 0.3) is 16.6 Å². The summed E-state index contributed by atoms with van der Waals surface area (Å²) in [6, 6.07) is 22.8. The first-order valence-electron chi connectivity index (χ1n) is 16.0. The van der Waals surface area contributed by atoms with Crippen LogP contribution in [0.2, 0.25) is 5.02 Å². The van der Waals surface area contributed by atoms with E-state index in [4.69, 9.17) is 11.6 Å². The van der Waals surface area contributed by atoms with Crippen molar-refractivity contribution in [2.45, 2.75) is 68.2 Å². The minimum absolute atomic E-state index is 0.0326. The molecule has 1 amide bonds. The maximum Gasteiger partial charge on any atom is 0.251 e. The van der Waals surface area contributed by atoms with Gasteiger partial charge in [-0.15, -0.1) is 0 Å². The molecule has 0 saturated heterocycles. The number of nitrogens with one attached hydrogen (secondary N) is 2. The quantitative estimate of drug-likeness (QED) is 0.247. The summed E-state index contributed by atoms with van der Waals surface area (Å²) in [6.45, 7) is 0. The molecule has 45 heavy (non-hydrogen) atoms. The van der Waals surface area contributed by atoms with Gasteiger partial charge >= 0.3 is 0 Å². The third-order valence-electron chi connectivity index (χ3n) is 10.6. The molecule has 4 bridgehead atoms. The molecule has 2 N–H and O–H groups in total. The van der Waals surface area contributed by atoms with E-state index in [1.807, 2.05) is 71.4 Å². The van der Waals surface area contributed by atoms with Gasteiger partial charge in [0.05, 0.1) is 10.8 Å². The van der Waals surface area contributed by atoms with E-state index in [2.05, 4.69) is 10.0 Å². The number of hydrogen-bond acceptors (Lipinski definition) is 4. The second kappa shape index (κ2) is 10.8. The molecule has 5 saturated carbocycles. The monoisotopic (exact) mass is 641 g/mol. The smallest absolute Gasteiger partial charge is 0.251 e. The number of carbonyl (C=O) groups is 1. The second-order valence-electron chi connectivity index (χ2n) is 13.8. The van der Waals surface area contributed by atoms with Gasteiger partial charge in [0.1, 0.15) is 0 Å². The van der Waals surface area contributed by atoms with Gasteiger partial charge in [0.15, 0.2) is 5.43 Å². The fourth-order valence-electron chi connectivity index (χ4n) is 8.66. The number of aromatic nitrogens is 1. The number of halogens is 1. The minimum atomic E-state index is -3.26. The molecule has 5 fully saturated rings. The summed E-state index contributed by atoms with van der Waals surface area (Å²) in [6.07, 6.45) is 8.47. The molecule has 9 rings (SSSR count). The van der Waals surface area contributed by atoms with E-state index in [1.165, 1.54) is 0 Å². The molecule has 0 aliphatic heterocycles. The van der Waals surface area contributed by atoms with Gasteiger partial charge in [0.25, 0.3) is 5.91 Å². The number of fused-ring (bicyclic) bond motifs is 1. The largest absolute Gasteiger partial charge is 0.349 e. The van der Waals surface area contributed by atoms with Gasteiger partial charge in [-0.1, -0.05) is 41.9 Å². The predicted molar refractivity (Wildman–Crippen MR) is 176 cm³/mol. The molecule has 5 atom stereocenters. The van der Waals surface area contributed by atoms with Gasteiger partial charge in [-0.2, -0.15) is 0 Å². The van der Waals surface area contributed by atoms with Crippen molar-refractivity contribution in [3.63, 3.8) is 0 Å². The molecule has 3 aromatic carbocycles. The third-order valence-corrected chi connectivity index (χ3v) is 12.9. The molecule has 1 heterocycles. The highest BCUT2D eigenvalue weighted by Gasteiger charge is 2.57. The molecule has 4 aromatic rings. The van der Waals surface area contributed by atoms with Gasteiger partial charge in [0.2, 0.25) is 10.0 Å². The summed E-state index contributed by atoms with van der Waals surface area (Å²) in [4.78, 5) is 27.0. The summed E-state index contributed by atoms with van der Waals surface area (Å²) >= 11 is 6.31. The number of rotatable bonds is 8. The maximum atomic E-state index is 13.5. The topological polar surface area (TPSA) is 97.3 Å². The van der Waals surface area contributed by atoms with Crippen LogP contribution in [0.15, 0.2) is 83.8 Å². The Morgan fingerprint density at radius 1 is 0.933 bits per heavy atom. The Morgan fingerprint density at radius 3 is 2.33 bits per heavy atom. The lowest BCUT2D eigenvalue weighted by Crippen LogP contribution is -2.66. The molecule has 1 aromatic heterocycles. The summed E-state index contributed by atoms with van der Waals surface area (Å²) in [5, 5.41) is 4.30. The van der Waals surface area contributed by atoms with Gasteiger partial charge in [-0.3, -0.25) is 9.59 Å². The van der Waals surface area contributed by atoms with E-state index in [1.54, 1.807) is 12.1 Å². The van der Waals surface area contributed by atoms with Gasteiger partial charge in [-0.25, -0.2) is 13.1 Å². The van der Waals surface area contributed by atoms with E-state index in [-0.39, 0.29) is 40.0 Å². The third kappa shape index (κ3) is 5.41. The van der Waals surface area contributed by atoms with Crippen LogP contribution in [0.4, 0.5) is 0 Å². The van der Waals surface area contributed by atoms with Crippen LogP contribution in [0, 0.1) is 17.8 Å². The Hall–Kier alpha value is -3.46. The average molecular weight is 642 g/mol. The zero-order valence-electron chi connectivity index (χ0n) is 24.9. The lowest BCUT2D eigenvalue weighted by molar-refractivity contribution is -0.0348. The highest BCUT2D eigenvalue weighted by molar-refractivity contribution is 7.90. The van der Waals surface area contributed by atoms with Crippen molar-refractivity contribution >= 4 is 38.4 Å². The second-order valence-corrected chi connectivity index (χ2v) is 16.2. The first-order chi connectivity index (χ1) is 21.7. The molecule has 0 unspecified atom stereocenters. The van der Waals surface area contributed by atoms with Crippen LogP contribution in [0.5, 0.6) is 0 Å². The van der Waals surface area contributed by atoms with Crippen LogP contribution < -0.4 is 15.5 Å². The van der Waals surface area contributed by atoms with Gasteiger partial charge in [0, 0.05) is 51.4 Å². The maximum absolute atomic E-state index is 13.5. The van der Waals surface area contributed by atoms with Crippen molar-refractivity contribution < 1.29 is 13.2 Å².